The smallest absolute Gasteiger partial charge is 0.246 e. The Labute approximate surface area is 158 Å². The van der Waals surface area contributed by atoms with Gasteiger partial charge in [-0.1, -0.05) is 36.4 Å². The van der Waals surface area contributed by atoms with Crippen molar-refractivity contribution in [3.05, 3.63) is 72.2 Å². The van der Waals surface area contributed by atoms with Crippen molar-refractivity contribution in [1.29, 1.82) is 0 Å². The summed E-state index contributed by atoms with van der Waals surface area (Å²) in [7, 11) is -3.80. The fraction of sp³-hybridized carbons (Fsp3) is 0.250. The molecule has 7 heteroatoms. The molecule has 0 radical (unpaired) electrons. The number of halogens is 1. The van der Waals surface area contributed by atoms with Gasteiger partial charge in [-0.3, -0.25) is 9.88 Å². The highest BCUT2D eigenvalue weighted by Gasteiger charge is 2.30. The monoisotopic (exact) mass is 385 g/mol. The van der Waals surface area contributed by atoms with Gasteiger partial charge in [0, 0.05) is 44.3 Å². The van der Waals surface area contributed by atoms with Crippen LogP contribution in [0.15, 0.2) is 65.7 Å². The second-order valence-corrected chi connectivity index (χ2v) is 8.51. The Bertz CT molecular complexity index is 1060. The number of sulfonamides is 1. The molecule has 1 aliphatic heterocycles. The Morgan fingerprint density at radius 3 is 2.44 bits per heavy atom. The van der Waals surface area contributed by atoms with Crippen molar-refractivity contribution >= 4 is 20.9 Å². The van der Waals surface area contributed by atoms with Crippen LogP contribution in [0.2, 0.25) is 0 Å². The van der Waals surface area contributed by atoms with Gasteiger partial charge in [-0.05, 0) is 23.8 Å². The number of pyridine rings is 1. The average molecular weight is 385 g/mol. The first-order valence-electron chi connectivity index (χ1n) is 8.85. The molecule has 27 heavy (non-hydrogen) atoms. The van der Waals surface area contributed by atoms with E-state index in [1.54, 1.807) is 12.3 Å². The summed E-state index contributed by atoms with van der Waals surface area (Å²) in [5.74, 6) is -0.707. The number of para-hydroxylation sites is 1. The molecule has 0 aliphatic carbocycles. The lowest BCUT2D eigenvalue weighted by Gasteiger charge is -2.34. The summed E-state index contributed by atoms with van der Waals surface area (Å²) >= 11 is 0. The zero-order valence-corrected chi connectivity index (χ0v) is 15.6. The summed E-state index contributed by atoms with van der Waals surface area (Å²) < 4.78 is 40.7. The SMILES string of the molecule is O=S(=O)(c1ccccc1F)N1CCN(Cc2cccc3cccnc23)CC1. The molecule has 0 N–H and O–H groups in total. The standard InChI is InChI=1S/C20H20FN3O2S/c21-18-8-1-2-9-19(18)27(25,26)24-13-11-23(12-14-24)15-17-6-3-5-16-7-4-10-22-20(16)17/h1-10H,11-15H2. The lowest BCUT2D eigenvalue weighted by Crippen LogP contribution is -2.48. The van der Waals surface area contributed by atoms with E-state index < -0.39 is 15.8 Å². The molecule has 2 aromatic carbocycles. The molecule has 0 amide bonds. The van der Waals surface area contributed by atoms with Crippen molar-refractivity contribution in [3.63, 3.8) is 0 Å². The van der Waals surface area contributed by atoms with Crippen molar-refractivity contribution in [1.82, 2.24) is 14.2 Å². The topological polar surface area (TPSA) is 53.5 Å². The van der Waals surface area contributed by atoms with Crippen LogP contribution in [-0.4, -0.2) is 48.8 Å². The first kappa shape index (κ1) is 18.0. The lowest BCUT2D eigenvalue weighted by molar-refractivity contribution is 0.182. The second kappa shape index (κ2) is 7.34. The number of benzene rings is 2. The van der Waals surface area contributed by atoms with E-state index in [1.165, 1.54) is 22.5 Å². The third-order valence-corrected chi connectivity index (χ3v) is 6.83. The molecular weight excluding hydrogens is 365 g/mol. The van der Waals surface area contributed by atoms with Crippen LogP contribution in [0.25, 0.3) is 10.9 Å². The van der Waals surface area contributed by atoms with Gasteiger partial charge in [-0.2, -0.15) is 4.31 Å². The van der Waals surface area contributed by atoms with Crippen LogP contribution in [0.1, 0.15) is 5.56 Å². The van der Waals surface area contributed by atoms with E-state index in [2.05, 4.69) is 16.0 Å². The fourth-order valence-corrected chi connectivity index (χ4v) is 4.94. The first-order valence-corrected chi connectivity index (χ1v) is 10.3. The normalized spacial score (nSPS) is 16.6. The molecule has 0 saturated carbocycles. The molecule has 140 valence electrons. The summed E-state index contributed by atoms with van der Waals surface area (Å²) in [6.07, 6.45) is 1.78. The molecule has 2 heterocycles. The summed E-state index contributed by atoms with van der Waals surface area (Å²) in [6.45, 7) is 2.58. The molecular formula is C20H20FN3O2S. The quantitative estimate of drug-likeness (QED) is 0.693. The van der Waals surface area contributed by atoms with Crippen molar-refractivity contribution in [2.24, 2.45) is 0 Å². The van der Waals surface area contributed by atoms with Crippen LogP contribution in [0.3, 0.4) is 0 Å². The van der Waals surface area contributed by atoms with Crippen LogP contribution >= 0.6 is 0 Å². The van der Waals surface area contributed by atoms with E-state index in [4.69, 9.17) is 0 Å². The number of hydrogen-bond acceptors (Lipinski definition) is 4. The second-order valence-electron chi connectivity index (χ2n) is 6.60. The molecule has 5 nitrogen and oxygen atoms in total. The molecule has 3 aromatic rings. The maximum Gasteiger partial charge on any atom is 0.246 e. The third kappa shape index (κ3) is 3.58. The Hall–Kier alpha value is -2.35. The van der Waals surface area contributed by atoms with Crippen LogP contribution in [0, 0.1) is 5.82 Å². The number of piperazine rings is 1. The third-order valence-electron chi connectivity index (χ3n) is 4.90. The van der Waals surface area contributed by atoms with Crippen molar-refractivity contribution < 1.29 is 12.8 Å². The summed E-state index contributed by atoms with van der Waals surface area (Å²) in [5.41, 5.74) is 2.10. The number of rotatable bonds is 4. The molecule has 1 aliphatic rings. The Kier molecular flexibility index (Phi) is 4.90. The predicted octanol–water partition coefficient (Wildman–Crippen LogP) is 2.88. The van der Waals surface area contributed by atoms with Gasteiger partial charge in [0.2, 0.25) is 10.0 Å². The Balaban J connectivity index is 1.47. The summed E-state index contributed by atoms with van der Waals surface area (Å²) in [5, 5.41) is 1.09. The molecule has 1 fully saturated rings. The van der Waals surface area contributed by atoms with Crippen LogP contribution < -0.4 is 0 Å². The minimum absolute atomic E-state index is 0.253. The van der Waals surface area contributed by atoms with E-state index in [0.717, 1.165) is 16.5 Å². The van der Waals surface area contributed by atoms with E-state index in [0.29, 0.717) is 32.7 Å². The molecule has 4 rings (SSSR count). The van der Waals surface area contributed by atoms with Gasteiger partial charge in [0.05, 0.1) is 5.52 Å². The van der Waals surface area contributed by atoms with E-state index >= 15 is 0 Å². The maximum absolute atomic E-state index is 13.9. The van der Waals surface area contributed by atoms with Gasteiger partial charge < -0.3 is 0 Å². The lowest BCUT2D eigenvalue weighted by atomic mass is 10.1. The zero-order chi connectivity index (χ0) is 18.9. The van der Waals surface area contributed by atoms with Crippen molar-refractivity contribution in [2.75, 3.05) is 26.2 Å². The van der Waals surface area contributed by atoms with Crippen LogP contribution in [-0.2, 0) is 16.6 Å². The molecule has 0 atom stereocenters. The number of fused-ring (bicyclic) bond motifs is 1. The Morgan fingerprint density at radius 2 is 1.67 bits per heavy atom. The molecule has 0 spiro atoms. The number of hydrogen-bond donors (Lipinski definition) is 0. The van der Waals surface area contributed by atoms with E-state index in [1.807, 2.05) is 24.3 Å². The minimum Gasteiger partial charge on any atom is -0.296 e. The highest BCUT2D eigenvalue weighted by Crippen LogP contribution is 2.22. The van der Waals surface area contributed by atoms with E-state index in [9.17, 15) is 12.8 Å². The number of aromatic nitrogens is 1. The van der Waals surface area contributed by atoms with Crippen LogP contribution in [0.4, 0.5) is 4.39 Å². The average Bonchev–Trinajstić information content (AvgIpc) is 2.69. The first-order chi connectivity index (χ1) is 13.1. The van der Waals surface area contributed by atoms with Gasteiger partial charge in [-0.25, -0.2) is 12.8 Å². The van der Waals surface area contributed by atoms with Crippen LogP contribution in [0.5, 0.6) is 0 Å². The zero-order valence-electron chi connectivity index (χ0n) is 14.8. The van der Waals surface area contributed by atoms with Gasteiger partial charge in [-0.15, -0.1) is 0 Å². The van der Waals surface area contributed by atoms with E-state index in [-0.39, 0.29) is 4.90 Å². The summed E-state index contributed by atoms with van der Waals surface area (Å²) in [4.78, 5) is 6.43. The van der Waals surface area contributed by atoms with Gasteiger partial charge in [0.25, 0.3) is 0 Å². The van der Waals surface area contributed by atoms with Gasteiger partial charge >= 0.3 is 0 Å². The fourth-order valence-electron chi connectivity index (χ4n) is 3.46. The van der Waals surface area contributed by atoms with Gasteiger partial charge in [0.15, 0.2) is 0 Å². The van der Waals surface area contributed by atoms with Gasteiger partial charge in [0.1, 0.15) is 10.7 Å². The minimum atomic E-state index is -3.80. The highest BCUT2D eigenvalue weighted by atomic mass is 32.2. The maximum atomic E-state index is 13.9. The molecule has 1 saturated heterocycles. The molecule has 1 aromatic heterocycles. The molecule has 0 bridgehead atoms. The summed E-state index contributed by atoms with van der Waals surface area (Å²) in [6, 6.07) is 15.6. The molecule has 0 unspecified atom stereocenters. The highest BCUT2D eigenvalue weighted by molar-refractivity contribution is 7.89. The van der Waals surface area contributed by atoms with Crippen molar-refractivity contribution in [3.8, 4) is 0 Å². The predicted molar refractivity (Wildman–Crippen MR) is 102 cm³/mol. The number of nitrogens with zero attached hydrogens (tertiary/aromatic N) is 3. The largest absolute Gasteiger partial charge is 0.296 e. The van der Waals surface area contributed by atoms with Crippen molar-refractivity contribution in [2.45, 2.75) is 11.4 Å². The Morgan fingerprint density at radius 1 is 0.926 bits per heavy atom.